The van der Waals surface area contributed by atoms with Gasteiger partial charge in [-0.05, 0) is 30.0 Å². The Balaban J connectivity index is 5.25. The maximum atomic E-state index is 3.78. The molecule has 0 fully saturated rings. The van der Waals surface area contributed by atoms with Crippen LogP contribution >= 0.6 is 0 Å². The van der Waals surface area contributed by atoms with Gasteiger partial charge in [-0.1, -0.05) is 60.6 Å². The van der Waals surface area contributed by atoms with E-state index in [2.05, 4.69) is 79.0 Å². The third-order valence-corrected chi connectivity index (χ3v) is 10.4. The van der Waals surface area contributed by atoms with Crippen LogP contribution in [0.15, 0.2) is 12.2 Å². The number of rotatable bonds is 5. The van der Waals surface area contributed by atoms with Crippen LogP contribution in [-0.4, -0.2) is 8.07 Å². The van der Waals surface area contributed by atoms with Crippen molar-refractivity contribution in [2.45, 2.75) is 78.4 Å². The van der Waals surface area contributed by atoms with Crippen LogP contribution in [0.4, 0.5) is 0 Å². The second kappa shape index (κ2) is 7.84. The zero-order valence-corrected chi connectivity index (χ0v) is 14.7. The molecule has 0 aromatic rings. The van der Waals surface area contributed by atoms with Crippen molar-refractivity contribution >= 4 is 8.07 Å². The molecule has 0 aliphatic carbocycles. The van der Waals surface area contributed by atoms with Crippen molar-refractivity contribution in [3.8, 4) is 11.5 Å². The fraction of sp³-hybridized carbons (Fsp3) is 0.765. The molecule has 0 nitrogen and oxygen atoms in total. The molecule has 104 valence electrons. The lowest BCUT2D eigenvalue weighted by Gasteiger charge is -2.38. The highest BCUT2D eigenvalue weighted by atomic mass is 28.3. The number of hydrogen-bond acceptors (Lipinski definition) is 0. The molecule has 0 unspecified atom stereocenters. The highest BCUT2D eigenvalue weighted by Crippen LogP contribution is 2.40. The van der Waals surface area contributed by atoms with Crippen molar-refractivity contribution < 1.29 is 0 Å². The first-order chi connectivity index (χ1) is 8.28. The quantitative estimate of drug-likeness (QED) is 0.334. The lowest BCUT2D eigenvalue weighted by Crippen LogP contribution is -2.43. The van der Waals surface area contributed by atoms with E-state index in [9.17, 15) is 0 Å². The summed E-state index contributed by atoms with van der Waals surface area (Å²) in [7, 11) is -1.52. The normalized spacial score (nSPS) is 14.4. The van der Waals surface area contributed by atoms with Gasteiger partial charge in [0.1, 0.15) is 8.07 Å². The molecule has 0 heterocycles. The Bertz CT molecular complexity index is 290. The van der Waals surface area contributed by atoms with Crippen LogP contribution in [-0.2, 0) is 0 Å². The average Bonchev–Trinajstić information content (AvgIpc) is 2.25. The highest BCUT2D eigenvalue weighted by Gasteiger charge is 2.41. The Morgan fingerprint density at radius 1 is 0.889 bits per heavy atom. The van der Waals surface area contributed by atoms with E-state index < -0.39 is 8.07 Å². The predicted molar refractivity (Wildman–Crippen MR) is 87.4 cm³/mol. The molecule has 0 amide bonds. The maximum absolute atomic E-state index is 3.78. The Morgan fingerprint density at radius 3 is 1.67 bits per heavy atom. The van der Waals surface area contributed by atoms with Crippen molar-refractivity contribution in [2.75, 3.05) is 0 Å². The van der Waals surface area contributed by atoms with Gasteiger partial charge < -0.3 is 0 Å². The second-order valence-electron chi connectivity index (χ2n) is 6.29. The molecule has 0 radical (unpaired) electrons. The molecule has 0 saturated heterocycles. The molecule has 0 aromatic carbocycles. The Kier molecular flexibility index (Phi) is 7.63. The van der Waals surface area contributed by atoms with Crippen molar-refractivity contribution in [1.29, 1.82) is 0 Å². The number of allylic oxidation sites excluding steroid dienone is 2. The minimum Gasteiger partial charge on any atom is -0.130 e. The summed E-state index contributed by atoms with van der Waals surface area (Å²) in [5.41, 5.74) is 5.96. The van der Waals surface area contributed by atoms with E-state index in [1.807, 2.05) is 0 Å². The average molecular weight is 265 g/mol. The van der Waals surface area contributed by atoms with Crippen LogP contribution in [0.1, 0.15) is 61.8 Å². The topological polar surface area (TPSA) is 0 Å². The van der Waals surface area contributed by atoms with Crippen LogP contribution < -0.4 is 0 Å². The fourth-order valence-corrected chi connectivity index (χ4v) is 8.40. The van der Waals surface area contributed by atoms with Crippen molar-refractivity contribution in [3.05, 3.63) is 12.2 Å². The van der Waals surface area contributed by atoms with E-state index in [1.54, 1.807) is 0 Å². The van der Waals surface area contributed by atoms with Gasteiger partial charge in [-0.2, -0.15) is 0 Å². The summed E-state index contributed by atoms with van der Waals surface area (Å²) in [6.45, 7) is 18.6. The first-order valence-corrected chi connectivity index (χ1v) is 9.71. The molecule has 0 N–H and O–H groups in total. The van der Waals surface area contributed by atoms with Crippen molar-refractivity contribution in [3.63, 3.8) is 0 Å². The summed E-state index contributed by atoms with van der Waals surface area (Å²) in [5, 5.41) is 0. The van der Waals surface area contributed by atoms with Crippen LogP contribution in [0.25, 0.3) is 0 Å². The lowest BCUT2D eigenvalue weighted by molar-refractivity contribution is 0.837. The van der Waals surface area contributed by atoms with Crippen LogP contribution in [0, 0.1) is 17.4 Å². The third kappa shape index (κ3) is 4.32. The lowest BCUT2D eigenvalue weighted by atomic mass is 10.2. The van der Waals surface area contributed by atoms with E-state index in [0.29, 0.717) is 5.92 Å². The van der Waals surface area contributed by atoms with Crippen molar-refractivity contribution in [1.82, 2.24) is 0 Å². The zero-order chi connectivity index (χ0) is 14.3. The minimum absolute atomic E-state index is 0.396. The van der Waals surface area contributed by atoms with Gasteiger partial charge in [0.05, 0.1) is 0 Å². The molecule has 0 aliphatic heterocycles. The number of hydrogen-bond donors (Lipinski definition) is 0. The zero-order valence-electron chi connectivity index (χ0n) is 13.7. The Labute approximate surface area is 116 Å². The summed E-state index contributed by atoms with van der Waals surface area (Å²) in [6, 6.07) is 0. The Hall–Kier alpha value is -0.483. The molecule has 0 aliphatic rings. The molecule has 1 atom stereocenters. The summed E-state index contributed by atoms with van der Waals surface area (Å²) >= 11 is 0. The maximum Gasteiger partial charge on any atom is 0.145 e. The first-order valence-electron chi connectivity index (χ1n) is 7.48. The van der Waals surface area contributed by atoms with Gasteiger partial charge in [-0.25, -0.2) is 0 Å². The van der Waals surface area contributed by atoms with Crippen LogP contribution in [0.2, 0.25) is 16.6 Å². The van der Waals surface area contributed by atoms with Crippen LogP contribution in [0.3, 0.4) is 0 Å². The molecule has 0 aromatic heterocycles. The summed E-state index contributed by atoms with van der Waals surface area (Å²) in [5.74, 6) is 3.92. The smallest absolute Gasteiger partial charge is 0.130 e. The summed E-state index contributed by atoms with van der Waals surface area (Å²) in [4.78, 5) is 0. The summed E-state index contributed by atoms with van der Waals surface area (Å²) in [6.07, 6.45) is 5.57. The van der Waals surface area contributed by atoms with Crippen LogP contribution in [0.5, 0.6) is 0 Å². The van der Waals surface area contributed by atoms with Gasteiger partial charge in [-0.15, -0.1) is 11.5 Å². The highest BCUT2D eigenvalue weighted by molar-refractivity contribution is 6.90. The van der Waals surface area contributed by atoms with E-state index in [-0.39, 0.29) is 0 Å². The molecule has 1 heteroatoms. The van der Waals surface area contributed by atoms with Crippen molar-refractivity contribution in [2.24, 2.45) is 5.92 Å². The van der Waals surface area contributed by atoms with E-state index in [4.69, 9.17) is 0 Å². The molecular weight excluding hydrogens is 232 g/mol. The fourth-order valence-electron chi connectivity index (χ4n) is 3.06. The molecule has 0 spiro atoms. The standard InChI is InChI=1S/C17H32Si/c1-9-10-11-17(8)12-13-18(14(2)3,15(4)5)16(6)7/h10-11,14-17H,9H2,1-8H3/b11-10+/t17-/m1/s1. The summed E-state index contributed by atoms with van der Waals surface area (Å²) < 4.78 is 0. The van der Waals surface area contributed by atoms with E-state index >= 15 is 0 Å². The molecular formula is C17H32Si. The molecule has 0 rings (SSSR count). The Morgan fingerprint density at radius 2 is 1.33 bits per heavy atom. The minimum atomic E-state index is -1.52. The molecule has 0 bridgehead atoms. The van der Waals surface area contributed by atoms with Gasteiger partial charge in [0.2, 0.25) is 0 Å². The van der Waals surface area contributed by atoms with Gasteiger partial charge in [0, 0.05) is 5.92 Å². The SMILES string of the molecule is CC/C=C/[C@@H](C)C#C[Si](C(C)C)(C(C)C)C(C)C. The van der Waals surface area contributed by atoms with E-state index in [0.717, 1.165) is 23.0 Å². The van der Waals surface area contributed by atoms with E-state index in [1.165, 1.54) is 0 Å². The first kappa shape index (κ1) is 17.5. The molecule has 0 saturated carbocycles. The molecule has 18 heavy (non-hydrogen) atoms. The second-order valence-corrected chi connectivity index (χ2v) is 11.9. The third-order valence-electron chi connectivity index (χ3n) is 4.04. The monoisotopic (exact) mass is 264 g/mol. The van der Waals surface area contributed by atoms with Gasteiger partial charge in [0.15, 0.2) is 0 Å². The predicted octanol–water partition coefficient (Wildman–Crippen LogP) is 5.81. The largest absolute Gasteiger partial charge is 0.145 e. The van der Waals surface area contributed by atoms with Gasteiger partial charge >= 0.3 is 0 Å². The van der Waals surface area contributed by atoms with Gasteiger partial charge in [0.25, 0.3) is 0 Å². The van der Waals surface area contributed by atoms with Gasteiger partial charge in [-0.3, -0.25) is 0 Å².